The third-order valence-electron chi connectivity index (χ3n) is 5.67. The molecule has 1 aliphatic rings. The fourth-order valence-corrected chi connectivity index (χ4v) is 5.29. The molecule has 30 heavy (non-hydrogen) atoms. The number of aromatic nitrogens is 4. The fourth-order valence-electron chi connectivity index (χ4n) is 3.96. The van der Waals surface area contributed by atoms with Crippen LogP contribution in [0.5, 0.6) is 0 Å². The number of nitrogens with two attached hydrogens (primary N) is 1. The maximum Gasteiger partial charge on any atom is 0.240 e. The lowest BCUT2D eigenvalue weighted by atomic mass is 9.85. The molecule has 0 unspecified atom stereocenters. The lowest BCUT2D eigenvalue weighted by molar-refractivity contribution is 0.317. The van der Waals surface area contributed by atoms with Gasteiger partial charge in [0.05, 0.1) is 22.9 Å². The van der Waals surface area contributed by atoms with Crippen LogP contribution in [0.2, 0.25) is 0 Å². The van der Waals surface area contributed by atoms with E-state index in [2.05, 4.69) is 25.9 Å². The van der Waals surface area contributed by atoms with Crippen LogP contribution in [0.3, 0.4) is 0 Å². The summed E-state index contributed by atoms with van der Waals surface area (Å²) in [5, 5.41) is 13.0. The van der Waals surface area contributed by atoms with Crippen LogP contribution in [0.15, 0.2) is 35.6 Å². The number of nitriles is 1. The molecule has 0 aliphatic heterocycles. The normalized spacial score (nSPS) is 19.6. The van der Waals surface area contributed by atoms with Gasteiger partial charge in [-0.25, -0.2) is 27.6 Å². The average Bonchev–Trinajstić information content (AvgIpc) is 3.15. The van der Waals surface area contributed by atoms with E-state index in [1.807, 2.05) is 6.92 Å². The summed E-state index contributed by atoms with van der Waals surface area (Å²) in [6.45, 7) is 1.90. The zero-order valence-corrected chi connectivity index (χ0v) is 17.4. The van der Waals surface area contributed by atoms with E-state index in [-0.39, 0.29) is 16.8 Å². The van der Waals surface area contributed by atoms with Gasteiger partial charge in [0.1, 0.15) is 6.33 Å². The third kappa shape index (κ3) is 3.86. The minimum Gasteiger partial charge on any atom is -0.381 e. The van der Waals surface area contributed by atoms with Crippen LogP contribution in [0.4, 0.5) is 5.82 Å². The standard InChI is InChI=1S/C20H23N7O2S/c1-13-2-7-16(30(28,29)26-15-5-3-14(4-6-15)8-9-21)10-17(13)18-11-23-20-19(22)24-12-25-27(18)20/h2,7,10-12,14-15,26H,3-6,8H2,1H3,(H2,22,24,25). The van der Waals surface area contributed by atoms with Gasteiger partial charge in [-0.15, -0.1) is 0 Å². The predicted octanol–water partition coefficient (Wildman–Crippen LogP) is 2.43. The zero-order valence-electron chi connectivity index (χ0n) is 16.6. The van der Waals surface area contributed by atoms with E-state index in [1.165, 1.54) is 6.33 Å². The Morgan fingerprint density at radius 3 is 2.77 bits per heavy atom. The van der Waals surface area contributed by atoms with E-state index >= 15 is 0 Å². The number of fused-ring (bicyclic) bond motifs is 1. The highest BCUT2D eigenvalue weighted by atomic mass is 32.2. The van der Waals surface area contributed by atoms with Gasteiger partial charge in [-0.3, -0.25) is 0 Å². The molecule has 1 fully saturated rings. The van der Waals surface area contributed by atoms with Crippen molar-refractivity contribution in [1.29, 1.82) is 5.26 Å². The van der Waals surface area contributed by atoms with Crippen molar-refractivity contribution in [2.75, 3.05) is 5.73 Å². The van der Waals surface area contributed by atoms with Gasteiger partial charge in [0, 0.05) is 18.0 Å². The van der Waals surface area contributed by atoms with Gasteiger partial charge in [-0.1, -0.05) is 6.07 Å². The van der Waals surface area contributed by atoms with Crippen molar-refractivity contribution in [1.82, 2.24) is 24.3 Å². The quantitative estimate of drug-likeness (QED) is 0.640. The number of aryl methyl sites for hydroxylation is 1. The van der Waals surface area contributed by atoms with E-state index in [0.29, 0.717) is 29.2 Å². The summed E-state index contributed by atoms with van der Waals surface area (Å²) >= 11 is 0. The molecule has 0 atom stereocenters. The highest BCUT2D eigenvalue weighted by Crippen LogP contribution is 2.30. The molecular weight excluding hydrogens is 402 g/mol. The SMILES string of the molecule is Cc1ccc(S(=O)(=O)NC2CCC(CC#N)CC2)cc1-c1cnc2c(N)ncnn12. The molecule has 156 valence electrons. The molecule has 0 amide bonds. The van der Waals surface area contributed by atoms with E-state index in [4.69, 9.17) is 11.0 Å². The van der Waals surface area contributed by atoms with Gasteiger partial charge in [0.15, 0.2) is 11.5 Å². The average molecular weight is 426 g/mol. The Labute approximate surface area is 175 Å². The first-order chi connectivity index (χ1) is 14.4. The number of nitrogens with zero attached hydrogens (tertiary/aromatic N) is 5. The van der Waals surface area contributed by atoms with Crippen molar-refractivity contribution in [3.05, 3.63) is 36.3 Å². The topological polar surface area (TPSA) is 139 Å². The second-order valence-electron chi connectivity index (χ2n) is 7.70. The summed E-state index contributed by atoms with van der Waals surface area (Å²) in [6.07, 6.45) is 6.71. The first-order valence-corrected chi connectivity index (χ1v) is 11.3. The van der Waals surface area contributed by atoms with Gasteiger partial charge in [-0.05, 0) is 56.2 Å². The summed E-state index contributed by atoms with van der Waals surface area (Å²) in [6, 6.07) is 7.11. The number of sulfonamides is 1. The first kappa shape index (κ1) is 20.3. The van der Waals surface area contributed by atoms with Gasteiger partial charge in [0.25, 0.3) is 0 Å². The number of hydrogen-bond acceptors (Lipinski definition) is 7. The van der Waals surface area contributed by atoms with Crippen molar-refractivity contribution in [2.24, 2.45) is 5.92 Å². The number of rotatable bonds is 5. The molecule has 0 spiro atoms. The third-order valence-corrected chi connectivity index (χ3v) is 7.19. The van der Waals surface area contributed by atoms with Gasteiger partial charge in [-0.2, -0.15) is 10.4 Å². The molecule has 0 bridgehead atoms. The number of nitrogens with one attached hydrogen (secondary N) is 1. The Hall–Kier alpha value is -3.03. The Morgan fingerprint density at radius 1 is 1.27 bits per heavy atom. The maximum absolute atomic E-state index is 13.0. The van der Waals surface area contributed by atoms with Crippen molar-refractivity contribution in [3.8, 4) is 17.3 Å². The van der Waals surface area contributed by atoms with Crippen LogP contribution >= 0.6 is 0 Å². The molecule has 1 aliphatic carbocycles. The summed E-state index contributed by atoms with van der Waals surface area (Å²) in [5.41, 5.74) is 8.53. The summed E-state index contributed by atoms with van der Waals surface area (Å²) in [7, 11) is -3.68. The number of nitrogen functional groups attached to an aromatic ring is 1. The molecule has 3 N–H and O–H groups in total. The molecule has 4 rings (SSSR count). The molecule has 10 heteroatoms. The summed E-state index contributed by atoms with van der Waals surface area (Å²) in [5.74, 6) is 0.623. The van der Waals surface area contributed by atoms with Gasteiger partial charge < -0.3 is 5.73 Å². The molecule has 9 nitrogen and oxygen atoms in total. The highest BCUT2D eigenvalue weighted by molar-refractivity contribution is 7.89. The van der Waals surface area contributed by atoms with Crippen LogP contribution in [0.25, 0.3) is 16.9 Å². The first-order valence-electron chi connectivity index (χ1n) is 9.83. The Kier molecular flexibility index (Phi) is 5.40. The maximum atomic E-state index is 13.0. The predicted molar refractivity (Wildman–Crippen MR) is 112 cm³/mol. The van der Waals surface area contributed by atoms with E-state index in [1.54, 1.807) is 28.9 Å². The smallest absolute Gasteiger partial charge is 0.240 e. The Balaban J connectivity index is 1.61. The molecule has 1 saturated carbocycles. The van der Waals surface area contributed by atoms with Crippen molar-refractivity contribution >= 4 is 21.5 Å². The van der Waals surface area contributed by atoms with E-state index in [9.17, 15) is 8.42 Å². The van der Waals surface area contributed by atoms with Crippen molar-refractivity contribution in [2.45, 2.75) is 50.0 Å². The minimum atomic E-state index is -3.68. The fraction of sp³-hybridized carbons (Fsp3) is 0.400. The molecule has 0 radical (unpaired) electrons. The van der Waals surface area contributed by atoms with E-state index in [0.717, 1.165) is 31.2 Å². The lowest BCUT2D eigenvalue weighted by Gasteiger charge is -2.27. The monoisotopic (exact) mass is 425 g/mol. The summed E-state index contributed by atoms with van der Waals surface area (Å²) < 4.78 is 30.4. The van der Waals surface area contributed by atoms with Crippen LogP contribution in [-0.4, -0.2) is 34.0 Å². The molecule has 2 aromatic heterocycles. The van der Waals surface area contributed by atoms with Crippen LogP contribution in [0.1, 0.15) is 37.7 Å². The highest BCUT2D eigenvalue weighted by Gasteiger charge is 2.26. The van der Waals surface area contributed by atoms with Gasteiger partial charge >= 0.3 is 0 Å². The number of anilines is 1. The van der Waals surface area contributed by atoms with Crippen LogP contribution in [0, 0.1) is 24.2 Å². The second-order valence-corrected chi connectivity index (χ2v) is 9.42. The van der Waals surface area contributed by atoms with Gasteiger partial charge in [0.2, 0.25) is 10.0 Å². The van der Waals surface area contributed by atoms with Crippen LogP contribution in [-0.2, 0) is 10.0 Å². The minimum absolute atomic E-state index is 0.113. The lowest BCUT2D eigenvalue weighted by Crippen LogP contribution is -2.37. The van der Waals surface area contributed by atoms with E-state index < -0.39 is 10.0 Å². The summed E-state index contributed by atoms with van der Waals surface area (Å²) in [4.78, 5) is 8.40. The Morgan fingerprint density at radius 2 is 2.03 bits per heavy atom. The number of hydrogen-bond donors (Lipinski definition) is 2. The molecule has 0 saturated heterocycles. The molecular formula is C20H23N7O2S. The Bertz CT molecular complexity index is 1220. The van der Waals surface area contributed by atoms with Crippen molar-refractivity contribution in [3.63, 3.8) is 0 Å². The zero-order chi connectivity index (χ0) is 21.3. The van der Waals surface area contributed by atoms with Crippen molar-refractivity contribution < 1.29 is 8.42 Å². The van der Waals surface area contributed by atoms with Crippen LogP contribution < -0.4 is 10.5 Å². The number of benzene rings is 1. The molecule has 2 heterocycles. The largest absolute Gasteiger partial charge is 0.381 e. The second kappa shape index (κ2) is 8.01. The molecule has 3 aromatic rings. The number of imidazole rings is 1. The molecule has 1 aromatic carbocycles.